The minimum Gasteiger partial charge on any atom is -0.494 e. The Kier molecular flexibility index (Phi) is 10.9. The van der Waals surface area contributed by atoms with Gasteiger partial charge in [0.2, 0.25) is 0 Å². The summed E-state index contributed by atoms with van der Waals surface area (Å²) >= 11 is 8.78. The van der Waals surface area contributed by atoms with E-state index in [1.165, 1.54) is 37.4 Å². The molecule has 2 N–H and O–H groups in total. The quantitative estimate of drug-likeness (QED) is 0.111. The van der Waals surface area contributed by atoms with E-state index >= 15 is 0 Å². The Morgan fingerprint density at radius 1 is 0.647 bits per heavy atom. The summed E-state index contributed by atoms with van der Waals surface area (Å²) in [6.45, 7) is 0. The van der Waals surface area contributed by atoms with Gasteiger partial charge in [-0.15, -0.1) is 22.7 Å². The Bertz CT molecular complexity index is 2310. The van der Waals surface area contributed by atoms with Crippen LogP contribution in [-0.4, -0.2) is 30.9 Å². The van der Waals surface area contributed by atoms with Crippen molar-refractivity contribution in [1.29, 1.82) is 0 Å². The number of methoxy groups -OCH3 is 1. The molecule has 51 heavy (non-hydrogen) atoms. The van der Waals surface area contributed by atoms with Crippen molar-refractivity contribution in [2.45, 2.75) is 0 Å². The van der Waals surface area contributed by atoms with Crippen LogP contribution in [0.1, 0.15) is 41.4 Å². The van der Waals surface area contributed by atoms with E-state index in [2.05, 4.69) is 42.5 Å². The van der Waals surface area contributed by atoms with Gasteiger partial charge in [-0.3, -0.25) is 9.59 Å². The third kappa shape index (κ3) is 7.84. The number of ether oxygens (including phenoxy) is 2. The lowest BCUT2D eigenvalue weighted by Crippen LogP contribution is -2.19. The predicted molar refractivity (Wildman–Crippen MR) is 200 cm³/mol. The lowest BCUT2D eigenvalue weighted by atomic mass is 10.0. The van der Waals surface area contributed by atoms with Crippen molar-refractivity contribution in [2.75, 3.05) is 17.7 Å². The summed E-state index contributed by atoms with van der Waals surface area (Å²) in [4.78, 5) is 54.4. The predicted octanol–water partition coefficient (Wildman–Crippen LogP) is 10.5. The van der Waals surface area contributed by atoms with Crippen molar-refractivity contribution in [2.24, 2.45) is 0 Å². The molecule has 6 rings (SSSR count). The van der Waals surface area contributed by atoms with Crippen LogP contribution in [0.15, 0.2) is 111 Å². The number of hydrogen-bond donors (Lipinski definition) is 2. The summed E-state index contributed by atoms with van der Waals surface area (Å²) in [7, 11) is 1.30. The van der Waals surface area contributed by atoms with Crippen molar-refractivity contribution < 1.29 is 37.4 Å². The molecular weight excluding hydrogens is 830 g/mol. The van der Waals surface area contributed by atoms with Crippen LogP contribution in [0.4, 0.5) is 18.8 Å². The molecule has 0 saturated carbocycles. The highest BCUT2D eigenvalue weighted by Crippen LogP contribution is 2.40. The number of hydrogen-bond acceptors (Lipinski definition) is 8. The first kappa shape index (κ1) is 35.8. The fourth-order valence-corrected chi connectivity index (χ4v) is 7.41. The molecule has 0 bridgehead atoms. The molecule has 0 fully saturated rings. The summed E-state index contributed by atoms with van der Waals surface area (Å²) in [6.07, 6.45) is 0. The Hall–Kier alpha value is -5.02. The normalized spacial score (nSPS) is 10.8. The zero-order chi connectivity index (χ0) is 36.2. The summed E-state index contributed by atoms with van der Waals surface area (Å²) in [6, 6.07) is 23.0. The molecule has 256 valence electrons. The van der Waals surface area contributed by atoms with Crippen LogP contribution in [0, 0.1) is 11.6 Å². The Labute approximate surface area is 314 Å². The molecule has 2 amide bonds. The molecule has 0 aliphatic heterocycles. The summed E-state index contributed by atoms with van der Waals surface area (Å²) in [5, 5.41) is 8.52. The van der Waals surface area contributed by atoms with Crippen LogP contribution in [0.2, 0.25) is 0 Å². The van der Waals surface area contributed by atoms with Gasteiger partial charge in [-0.1, -0.05) is 68.3 Å². The third-order valence-corrected chi connectivity index (χ3v) is 10.3. The molecular formula is C37H22Br2F2N2O6S2. The van der Waals surface area contributed by atoms with Gasteiger partial charge in [0.05, 0.1) is 12.7 Å². The van der Waals surface area contributed by atoms with Crippen LogP contribution in [0.25, 0.3) is 22.3 Å². The van der Waals surface area contributed by atoms with Crippen molar-refractivity contribution in [3.63, 3.8) is 0 Å². The minimum absolute atomic E-state index is 0.0208. The van der Waals surface area contributed by atoms with Gasteiger partial charge in [0.15, 0.2) is 11.6 Å². The molecule has 0 aliphatic rings. The van der Waals surface area contributed by atoms with Crippen LogP contribution in [0.3, 0.4) is 0 Å². The topological polar surface area (TPSA) is 111 Å². The first-order chi connectivity index (χ1) is 24.5. The third-order valence-electron chi connectivity index (χ3n) is 7.47. The number of esters is 2. The molecule has 0 radical (unpaired) electrons. The second kappa shape index (κ2) is 15.5. The van der Waals surface area contributed by atoms with Crippen molar-refractivity contribution >= 4 is 88.3 Å². The number of carbonyl (C=O) groups is 4. The van der Waals surface area contributed by atoms with Gasteiger partial charge in [0, 0.05) is 36.4 Å². The van der Waals surface area contributed by atoms with E-state index in [1.807, 2.05) is 0 Å². The molecule has 6 aromatic rings. The molecule has 0 spiro atoms. The number of nitrogens with one attached hydrogen (secondary N) is 2. The number of thiophene rings is 2. The molecule has 4 aromatic carbocycles. The van der Waals surface area contributed by atoms with Crippen LogP contribution in [-0.2, 0) is 4.74 Å². The fraction of sp³-hybridized carbons (Fsp3) is 0.0270. The van der Waals surface area contributed by atoms with Gasteiger partial charge in [0.25, 0.3) is 11.8 Å². The van der Waals surface area contributed by atoms with Gasteiger partial charge in [-0.25, -0.2) is 18.4 Å². The average Bonchev–Trinajstić information content (AvgIpc) is 3.73. The van der Waals surface area contributed by atoms with Gasteiger partial charge >= 0.3 is 11.9 Å². The highest BCUT2D eigenvalue weighted by Gasteiger charge is 2.30. The minimum atomic E-state index is -1.11. The molecule has 0 aliphatic carbocycles. The standard InChI is InChI=1S/C37H22Br2F2N2O6S2/c1-48-29-15-10-21(16-28(29)41)32(44)42-34-30(25(17-50-34)19-6-11-22(38)12-7-19)36(46)49-37(47)31-26(20-8-13-23(39)14-9-20)18-51-35(31)43-33(45)24-4-2-3-5-27(24)40/h2-18H,1H3,(H,42,44)(H,43,45). The SMILES string of the molecule is COc1ccc(C(=O)Nc2scc(-c3ccc(Br)cc3)c2C(=O)OC(=O)c2c(-c3ccc(Br)cc3)csc2NC(=O)c2ccccc2F)cc1F. The number of amides is 2. The van der Waals surface area contributed by atoms with Gasteiger partial charge in [-0.2, -0.15) is 0 Å². The van der Waals surface area contributed by atoms with Crippen LogP contribution >= 0.6 is 54.5 Å². The Morgan fingerprint density at radius 2 is 1.16 bits per heavy atom. The van der Waals surface area contributed by atoms with Gasteiger partial charge < -0.3 is 20.1 Å². The number of rotatable bonds is 9. The maximum atomic E-state index is 14.5. The van der Waals surface area contributed by atoms with Crippen LogP contribution < -0.4 is 15.4 Å². The maximum absolute atomic E-state index is 14.5. The molecule has 0 unspecified atom stereocenters. The van der Waals surface area contributed by atoms with Crippen molar-refractivity contribution in [3.8, 4) is 28.0 Å². The molecule has 8 nitrogen and oxygen atoms in total. The average molecular weight is 853 g/mol. The van der Waals surface area contributed by atoms with E-state index in [-0.39, 0.29) is 38.0 Å². The zero-order valence-electron chi connectivity index (χ0n) is 26.1. The smallest absolute Gasteiger partial charge is 0.349 e. The lowest BCUT2D eigenvalue weighted by Gasteiger charge is -2.12. The molecule has 14 heteroatoms. The molecule has 2 heterocycles. The van der Waals surface area contributed by atoms with E-state index in [4.69, 9.17) is 9.47 Å². The monoisotopic (exact) mass is 850 g/mol. The summed E-state index contributed by atoms with van der Waals surface area (Å²) < 4.78 is 40.9. The van der Waals surface area contributed by atoms with E-state index < -0.39 is 35.4 Å². The van der Waals surface area contributed by atoms with Crippen molar-refractivity contribution in [3.05, 3.63) is 145 Å². The molecule has 2 aromatic heterocycles. The Balaban J connectivity index is 1.37. The highest BCUT2D eigenvalue weighted by molar-refractivity contribution is 9.10. The largest absolute Gasteiger partial charge is 0.494 e. The van der Waals surface area contributed by atoms with Crippen LogP contribution in [0.5, 0.6) is 5.75 Å². The maximum Gasteiger partial charge on any atom is 0.349 e. The van der Waals surface area contributed by atoms with Gasteiger partial charge in [-0.05, 0) is 65.7 Å². The first-order valence-corrected chi connectivity index (χ1v) is 18.1. The second-order valence-corrected chi connectivity index (χ2v) is 14.2. The number of benzene rings is 4. The lowest BCUT2D eigenvalue weighted by molar-refractivity contribution is 0.0401. The molecule has 0 saturated heterocycles. The van der Waals surface area contributed by atoms with Crippen molar-refractivity contribution in [1.82, 2.24) is 0 Å². The van der Waals surface area contributed by atoms with E-state index in [9.17, 15) is 28.0 Å². The zero-order valence-corrected chi connectivity index (χ0v) is 30.9. The number of halogens is 4. The van der Waals surface area contributed by atoms with E-state index in [1.54, 1.807) is 59.3 Å². The molecule has 0 atom stereocenters. The van der Waals surface area contributed by atoms with Gasteiger partial charge in [0.1, 0.15) is 26.9 Å². The second-order valence-electron chi connectivity index (χ2n) is 10.6. The summed E-state index contributed by atoms with van der Waals surface area (Å²) in [5.74, 6) is -5.32. The number of carbonyl (C=O) groups excluding carboxylic acids is 4. The van der Waals surface area contributed by atoms with E-state index in [0.717, 1.165) is 43.8 Å². The summed E-state index contributed by atoms with van der Waals surface area (Å²) in [5.41, 5.74) is 1.29. The first-order valence-electron chi connectivity index (χ1n) is 14.8. The highest BCUT2D eigenvalue weighted by atomic mass is 79.9. The Morgan fingerprint density at radius 3 is 1.65 bits per heavy atom. The number of anilines is 2. The van der Waals surface area contributed by atoms with E-state index in [0.29, 0.717) is 22.3 Å². The fourth-order valence-electron chi connectivity index (χ4n) is 4.97.